The zero-order valence-electron chi connectivity index (χ0n) is 24.3. The summed E-state index contributed by atoms with van der Waals surface area (Å²) in [5.41, 5.74) is 11.6. The molecule has 10 heteroatoms. The third kappa shape index (κ3) is 7.45. The van der Waals surface area contributed by atoms with Crippen LogP contribution in [-0.2, 0) is 21.4 Å². The van der Waals surface area contributed by atoms with E-state index in [4.69, 9.17) is 20.0 Å². The number of amides is 1. The number of carbonyl (C=O) groups is 1. The van der Waals surface area contributed by atoms with Gasteiger partial charge >= 0.3 is 0 Å². The molecule has 218 valence electrons. The molecular weight excluding hydrogens is 530 g/mol. The molecule has 0 aliphatic carbocycles. The number of hydrogen-bond donors (Lipinski definition) is 2. The summed E-state index contributed by atoms with van der Waals surface area (Å²) in [6, 6.07) is 15.4. The molecule has 0 radical (unpaired) electrons. The maximum absolute atomic E-state index is 12.5. The van der Waals surface area contributed by atoms with Gasteiger partial charge in [0.2, 0.25) is 5.91 Å². The summed E-state index contributed by atoms with van der Waals surface area (Å²) in [5.74, 6) is 0.974. The zero-order valence-corrected chi connectivity index (χ0v) is 24.3. The van der Waals surface area contributed by atoms with Crippen molar-refractivity contribution in [3.63, 3.8) is 0 Å². The summed E-state index contributed by atoms with van der Waals surface area (Å²) in [6.45, 7) is 11.2. The van der Waals surface area contributed by atoms with Gasteiger partial charge in [-0.15, -0.1) is 0 Å². The lowest BCUT2D eigenvalue weighted by Crippen LogP contribution is -2.37. The van der Waals surface area contributed by atoms with Crippen molar-refractivity contribution in [3.05, 3.63) is 77.8 Å². The first kappa shape index (κ1) is 29.1. The van der Waals surface area contributed by atoms with Crippen LogP contribution in [0.4, 0.5) is 5.82 Å². The van der Waals surface area contributed by atoms with E-state index in [0.717, 1.165) is 77.6 Å². The minimum Gasteiger partial charge on any atom is -0.404 e. The molecule has 2 aromatic carbocycles. The fourth-order valence-corrected chi connectivity index (χ4v) is 4.58. The predicted molar refractivity (Wildman–Crippen MR) is 165 cm³/mol. The molecule has 0 unspecified atom stereocenters. The van der Waals surface area contributed by atoms with Crippen molar-refractivity contribution in [1.82, 2.24) is 20.0 Å². The van der Waals surface area contributed by atoms with Gasteiger partial charge in [-0.2, -0.15) is 0 Å². The summed E-state index contributed by atoms with van der Waals surface area (Å²) < 4.78 is 10.7. The van der Waals surface area contributed by atoms with Crippen LogP contribution in [0.15, 0.2) is 70.4 Å². The van der Waals surface area contributed by atoms with Crippen LogP contribution in [0.2, 0.25) is 0 Å². The van der Waals surface area contributed by atoms with Gasteiger partial charge in [-0.05, 0) is 23.3 Å². The lowest BCUT2D eigenvalue weighted by atomic mass is 9.93. The standard InChI is InChI=1S/C32H37N7O3/c1-32(2,3)29-18-30(38-42-29)37-31(40)16-22-4-6-23(7-5-22)28-21-35-27-17-24(8-9-26(27)36-28)25(19-33)20-34-10-11-39-12-14-41-15-13-39/h4-9,17-21H,10-16,33H2,1-3H3,(H,37,38,40)/b25-19+,34-20?. The molecule has 1 aliphatic rings. The highest BCUT2D eigenvalue weighted by atomic mass is 16.5. The van der Waals surface area contributed by atoms with Crippen LogP contribution < -0.4 is 11.1 Å². The first-order valence-electron chi connectivity index (χ1n) is 14.1. The number of ether oxygens (including phenoxy) is 1. The number of anilines is 1. The van der Waals surface area contributed by atoms with E-state index in [9.17, 15) is 4.79 Å². The smallest absolute Gasteiger partial charge is 0.230 e. The molecule has 0 saturated carbocycles. The van der Waals surface area contributed by atoms with Crippen LogP contribution in [0.5, 0.6) is 0 Å². The van der Waals surface area contributed by atoms with E-state index >= 15 is 0 Å². The number of allylic oxidation sites excluding steroid dienone is 1. The Morgan fingerprint density at radius 2 is 1.88 bits per heavy atom. The van der Waals surface area contributed by atoms with Gasteiger partial charge in [-0.25, -0.2) is 4.98 Å². The molecule has 10 nitrogen and oxygen atoms in total. The molecule has 0 atom stereocenters. The molecule has 1 aliphatic heterocycles. The highest BCUT2D eigenvalue weighted by molar-refractivity contribution is 6.10. The number of nitrogens with two attached hydrogens (primary N) is 1. The Hall–Kier alpha value is -4.41. The number of aromatic nitrogens is 3. The van der Waals surface area contributed by atoms with Crippen molar-refractivity contribution in [1.29, 1.82) is 0 Å². The highest BCUT2D eigenvalue weighted by Gasteiger charge is 2.20. The Balaban J connectivity index is 1.19. The SMILES string of the molecule is CC(C)(C)c1cc(NC(=O)Cc2ccc(-c3cnc4cc(/C(C=NCCN5CCOCC5)=C/N)ccc4n3)cc2)no1. The molecule has 3 N–H and O–H groups in total. The highest BCUT2D eigenvalue weighted by Crippen LogP contribution is 2.25. The van der Waals surface area contributed by atoms with Crippen molar-refractivity contribution >= 4 is 34.5 Å². The minimum absolute atomic E-state index is 0.161. The molecular formula is C32H37N7O3. The third-order valence-electron chi connectivity index (χ3n) is 7.07. The van der Waals surface area contributed by atoms with E-state index in [1.165, 1.54) is 0 Å². The number of nitrogens with one attached hydrogen (secondary N) is 1. The summed E-state index contributed by atoms with van der Waals surface area (Å²) in [6.07, 6.45) is 5.36. The Labute approximate surface area is 245 Å². The average molecular weight is 568 g/mol. The first-order valence-corrected chi connectivity index (χ1v) is 14.1. The van der Waals surface area contributed by atoms with Crippen LogP contribution >= 0.6 is 0 Å². The molecule has 5 rings (SSSR count). The number of carbonyl (C=O) groups excluding carboxylic acids is 1. The second-order valence-electron chi connectivity index (χ2n) is 11.3. The fourth-order valence-electron chi connectivity index (χ4n) is 4.58. The summed E-state index contributed by atoms with van der Waals surface area (Å²) in [7, 11) is 0. The van der Waals surface area contributed by atoms with Crippen molar-refractivity contribution in [2.75, 3.05) is 44.7 Å². The van der Waals surface area contributed by atoms with Crippen molar-refractivity contribution in [2.24, 2.45) is 10.7 Å². The molecule has 2 aromatic heterocycles. The molecule has 42 heavy (non-hydrogen) atoms. The summed E-state index contributed by atoms with van der Waals surface area (Å²) >= 11 is 0. The molecule has 1 fully saturated rings. The number of fused-ring (bicyclic) bond motifs is 1. The van der Waals surface area contributed by atoms with Gasteiger partial charge in [0.15, 0.2) is 5.82 Å². The number of aliphatic imine (C=N–C) groups is 1. The Morgan fingerprint density at radius 1 is 1.10 bits per heavy atom. The molecule has 1 amide bonds. The summed E-state index contributed by atoms with van der Waals surface area (Å²) in [4.78, 5) is 28.9. The Morgan fingerprint density at radius 3 is 2.60 bits per heavy atom. The number of hydrogen-bond acceptors (Lipinski definition) is 9. The van der Waals surface area contributed by atoms with Gasteiger partial charge in [0.05, 0.1) is 49.1 Å². The van der Waals surface area contributed by atoms with Crippen LogP contribution in [0.3, 0.4) is 0 Å². The van der Waals surface area contributed by atoms with Gasteiger partial charge in [0, 0.05) is 54.7 Å². The monoisotopic (exact) mass is 567 g/mol. The van der Waals surface area contributed by atoms with Gasteiger partial charge in [0.1, 0.15) is 5.76 Å². The topological polar surface area (TPSA) is 132 Å². The maximum atomic E-state index is 12.5. The lowest BCUT2D eigenvalue weighted by Gasteiger charge is -2.25. The number of nitrogens with zero attached hydrogens (tertiary/aromatic N) is 5. The Bertz CT molecular complexity index is 1580. The fraction of sp³-hybridized carbons (Fsp3) is 0.344. The predicted octanol–water partition coefficient (Wildman–Crippen LogP) is 4.47. The van der Waals surface area contributed by atoms with E-state index in [1.807, 2.05) is 69.5 Å². The van der Waals surface area contributed by atoms with Crippen LogP contribution in [0.25, 0.3) is 27.9 Å². The molecule has 0 spiro atoms. The van der Waals surface area contributed by atoms with Gasteiger partial charge in [-0.1, -0.05) is 56.3 Å². The van der Waals surface area contributed by atoms with Gasteiger partial charge < -0.3 is 20.3 Å². The second kappa shape index (κ2) is 13.1. The quantitative estimate of drug-likeness (QED) is 0.283. The molecule has 0 bridgehead atoms. The van der Waals surface area contributed by atoms with E-state index < -0.39 is 0 Å². The maximum Gasteiger partial charge on any atom is 0.230 e. The van der Waals surface area contributed by atoms with Crippen LogP contribution in [0, 0.1) is 0 Å². The molecule has 3 heterocycles. The average Bonchev–Trinajstić information content (AvgIpc) is 3.47. The van der Waals surface area contributed by atoms with Crippen LogP contribution in [0.1, 0.15) is 37.7 Å². The van der Waals surface area contributed by atoms with Gasteiger partial charge in [-0.3, -0.25) is 19.7 Å². The third-order valence-corrected chi connectivity index (χ3v) is 7.07. The second-order valence-corrected chi connectivity index (χ2v) is 11.3. The van der Waals surface area contributed by atoms with Crippen molar-refractivity contribution in [3.8, 4) is 11.3 Å². The minimum atomic E-state index is -0.178. The number of morpholine rings is 1. The largest absolute Gasteiger partial charge is 0.404 e. The van der Waals surface area contributed by atoms with Gasteiger partial charge in [0.25, 0.3) is 0 Å². The van der Waals surface area contributed by atoms with E-state index in [2.05, 4.69) is 25.3 Å². The first-order chi connectivity index (χ1) is 20.3. The van der Waals surface area contributed by atoms with Crippen molar-refractivity contribution < 1.29 is 14.1 Å². The summed E-state index contributed by atoms with van der Waals surface area (Å²) in [5, 5.41) is 6.75. The number of rotatable bonds is 9. The van der Waals surface area contributed by atoms with Crippen LogP contribution in [-0.4, -0.2) is 71.5 Å². The van der Waals surface area contributed by atoms with E-state index in [1.54, 1.807) is 18.5 Å². The lowest BCUT2D eigenvalue weighted by molar-refractivity contribution is -0.115. The Kier molecular flexibility index (Phi) is 9.04. The van der Waals surface area contributed by atoms with E-state index in [0.29, 0.717) is 12.4 Å². The zero-order chi connectivity index (χ0) is 29.5. The van der Waals surface area contributed by atoms with E-state index in [-0.39, 0.29) is 17.7 Å². The molecule has 4 aromatic rings. The normalized spacial score (nSPS) is 15.0. The number of benzene rings is 2. The molecule has 1 saturated heterocycles. The van der Waals surface area contributed by atoms with Crippen molar-refractivity contribution in [2.45, 2.75) is 32.6 Å².